The summed E-state index contributed by atoms with van der Waals surface area (Å²) in [6.07, 6.45) is 3.48. The zero-order valence-corrected chi connectivity index (χ0v) is 11.6. The summed E-state index contributed by atoms with van der Waals surface area (Å²) in [4.78, 5) is 21.3. The van der Waals surface area contributed by atoms with Crippen LogP contribution in [0.3, 0.4) is 0 Å². The molecule has 2 fully saturated rings. The van der Waals surface area contributed by atoms with E-state index in [1.807, 2.05) is 4.90 Å². The topological polar surface area (TPSA) is 74.5 Å². The maximum Gasteiger partial charge on any atom is 0.272 e. The average molecular weight is 275 g/mol. The first-order valence-electron chi connectivity index (χ1n) is 7.25. The van der Waals surface area contributed by atoms with Crippen molar-refractivity contribution >= 4 is 11.7 Å². The molecule has 2 aliphatic heterocycles. The molecule has 0 saturated carbocycles. The molecule has 3 heterocycles. The number of aromatic nitrogens is 1. The zero-order chi connectivity index (χ0) is 13.9. The highest BCUT2D eigenvalue weighted by Gasteiger charge is 2.31. The predicted octanol–water partition coefficient (Wildman–Crippen LogP) is 0.678. The van der Waals surface area contributed by atoms with Gasteiger partial charge in [0.05, 0.1) is 0 Å². The average Bonchev–Trinajstić information content (AvgIpc) is 2.83. The van der Waals surface area contributed by atoms with Crippen molar-refractivity contribution in [3.05, 3.63) is 23.9 Å². The van der Waals surface area contributed by atoms with Crippen LogP contribution in [0.4, 0.5) is 5.82 Å². The van der Waals surface area contributed by atoms with Gasteiger partial charge in [-0.15, -0.1) is 0 Å². The number of hydrogen-bond acceptors (Lipinski definition) is 5. The van der Waals surface area contributed by atoms with Crippen LogP contribution in [0.1, 0.15) is 29.8 Å². The molecule has 108 valence electrons. The molecule has 0 aromatic carbocycles. The lowest BCUT2D eigenvalue weighted by Gasteiger charge is -2.25. The molecule has 1 unspecified atom stereocenters. The minimum absolute atomic E-state index is 0.0100. The number of nitrogens with two attached hydrogens (primary N) is 1. The predicted molar refractivity (Wildman–Crippen MR) is 77.2 cm³/mol. The van der Waals surface area contributed by atoms with Gasteiger partial charge in [0.2, 0.25) is 0 Å². The molecule has 1 aromatic rings. The molecule has 2 aliphatic rings. The van der Waals surface area contributed by atoms with Gasteiger partial charge in [-0.1, -0.05) is 6.07 Å². The van der Waals surface area contributed by atoms with E-state index in [-0.39, 0.29) is 5.91 Å². The van der Waals surface area contributed by atoms with Gasteiger partial charge in [0.25, 0.3) is 5.91 Å². The Morgan fingerprint density at radius 1 is 1.30 bits per heavy atom. The van der Waals surface area contributed by atoms with E-state index in [9.17, 15) is 4.79 Å². The first-order valence-corrected chi connectivity index (χ1v) is 7.25. The summed E-state index contributed by atoms with van der Waals surface area (Å²) >= 11 is 0. The van der Waals surface area contributed by atoms with Gasteiger partial charge in [0.1, 0.15) is 11.5 Å². The third kappa shape index (κ3) is 2.62. The van der Waals surface area contributed by atoms with Gasteiger partial charge in [-0.3, -0.25) is 9.69 Å². The van der Waals surface area contributed by atoms with Crippen LogP contribution in [0.5, 0.6) is 0 Å². The summed E-state index contributed by atoms with van der Waals surface area (Å²) in [6.45, 7) is 3.92. The maximum atomic E-state index is 12.6. The number of amides is 1. The van der Waals surface area contributed by atoms with Gasteiger partial charge >= 0.3 is 0 Å². The van der Waals surface area contributed by atoms with Gasteiger partial charge < -0.3 is 10.3 Å². The third-order valence-electron chi connectivity index (χ3n) is 4.21. The Balaban J connectivity index is 1.75. The lowest BCUT2D eigenvalue weighted by molar-refractivity contribution is 0.0737. The Bertz CT molecular complexity index is 492. The molecule has 20 heavy (non-hydrogen) atoms. The van der Waals surface area contributed by atoms with Crippen molar-refractivity contribution in [3.8, 4) is 0 Å². The van der Waals surface area contributed by atoms with Gasteiger partial charge in [-0.25, -0.2) is 10.8 Å². The van der Waals surface area contributed by atoms with E-state index >= 15 is 0 Å². The van der Waals surface area contributed by atoms with Gasteiger partial charge in [0, 0.05) is 25.7 Å². The molecule has 6 heteroatoms. The summed E-state index contributed by atoms with van der Waals surface area (Å²) < 4.78 is 0. The molecule has 1 aromatic heterocycles. The first kappa shape index (κ1) is 13.3. The minimum Gasteiger partial charge on any atom is -0.336 e. The quantitative estimate of drug-likeness (QED) is 0.613. The Morgan fingerprint density at radius 3 is 3.00 bits per heavy atom. The lowest BCUT2D eigenvalue weighted by atomic mass is 10.2. The second-order valence-corrected chi connectivity index (χ2v) is 5.49. The zero-order valence-electron chi connectivity index (χ0n) is 11.6. The highest BCUT2D eigenvalue weighted by molar-refractivity contribution is 5.92. The molecular formula is C14H21N5O. The highest BCUT2D eigenvalue weighted by Crippen LogP contribution is 2.22. The number of fused-ring (bicyclic) bond motifs is 1. The fourth-order valence-electron chi connectivity index (χ4n) is 3.19. The van der Waals surface area contributed by atoms with Crippen molar-refractivity contribution in [2.75, 3.05) is 31.6 Å². The fourth-order valence-corrected chi connectivity index (χ4v) is 3.19. The number of nitrogen functional groups attached to an aromatic ring is 1. The Labute approximate surface area is 118 Å². The second kappa shape index (κ2) is 5.76. The largest absolute Gasteiger partial charge is 0.336 e. The Kier molecular flexibility index (Phi) is 3.84. The normalized spacial score (nSPS) is 23.2. The van der Waals surface area contributed by atoms with Crippen molar-refractivity contribution in [1.82, 2.24) is 14.8 Å². The van der Waals surface area contributed by atoms with E-state index in [4.69, 9.17) is 5.84 Å². The Morgan fingerprint density at radius 2 is 2.15 bits per heavy atom. The van der Waals surface area contributed by atoms with Crippen molar-refractivity contribution in [2.24, 2.45) is 5.84 Å². The van der Waals surface area contributed by atoms with Gasteiger partial charge in [0.15, 0.2) is 0 Å². The number of anilines is 1. The lowest BCUT2D eigenvalue weighted by Crippen LogP contribution is -2.40. The number of nitrogens with zero attached hydrogens (tertiary/aromatic N) is 3. The van der Waals surface area contributed by atoms with E-state index in [2.05, 4.69) is 15.3 Å². The molecule has 0 aliphatic carbocycles. The highest BCUT2D eigenvalue weighted by atomic mass is 16.2. The smallest absolute Gasteiger partial charge is 0.272 e. The molecular weight excluding hydrogens is 254 g/mol. The number of pyridine rings is 1. The second-order valence-electron chi connectivity index (χ2n) is 5.49. The van der Waals surface area contributed by atoms with Crippen LogP contribution in [-0.4, -0.2) is 52.9 Å². The number of carbonyl (C=O) groups excluding carboxylic acids is 1. The van der Waals surface area contributed by atoms with E-state index < -0.39 is 0 Å². The number of hydrazine groups is 1. The molecule has 2 saturated heterocycles. The number of hydrogen-bond donors (Lipinski definition) is 2. The minimum atomic E-state index is 0.0100. The van der Waals surface area contributed by atoms with Crippen LogP contribution in [0.25, 0.3) is 0 Å². The van der Waals surface area contributed by atoms with Crippen molar-refractivity contribution in [1.29, 1.82) is 0 Å². The summed E-state index contributed by atoms with van der Waals surface area (Å²) in [5.41, 5.74) is 2.95. The van der Waals surface area contributed by atoms with E-state index in [0.29, 0.717) is 17.6 Å². The van der Waals surface area contributed by atoms with Crippen LogP contribution < -0.4 is 11.3 Å². The molecule has 0 bridgehead atoms. The number of nitrogens with one attached hydrogen (secondary N) is 1. The molecule has 3 N–H and O–H groups in total. The summed E-state index contributed by atoms with van der Waals surface area (Å²) in [5, 5.41) is 0. The van der Waals surface area contributed by atoms with Crippen LogP contribution in [0.15, 0.2) is 18.2 Å². The molecule has 3 rings (SSSR count). The third-order valence-corrected chi connectivity index (χ3v) is 4.21. The standard InChI is InChI=1S/C14H21N5O/c15-17-13-6-1-5-12(16-13)14(20)19-9-3-8-18-7-2-4-11(18)10-19/h1,5-6,11H,2-4,7-10,15H2,(H,16,17). The van der Waals surface area contributed by atoms with Gasteiger partial charge in [-0.05, 0) is 37.9 Å². The maximum absolute atomic E-state index is 12.6. The number of rotatable bonds is 2. The van der Waals surface area contributed by atoms with Crippen molar-refractivity contribution in [2.45, 2.75) is 25.3 Å². The van der Waals surface area contributed by atoms with Crippen LogP contribution in [0.2, 0.25) is 0 Å². The SMILES string of the molecule is NNc1cccc(C(=O)N2CCCN3CCCC3C2)n1. The fraction of sp³-hybridized carbons (Fsp3) is 0.571. The van der Waals surface area contributed by atoms with Crippen molar-refractivity contribution in [3.63, 3.8) is 0 Å². The summed E-state index contributed by atoms with van der Waals surface area (Å²) in [7, 11) is 0. The van der Waals surface area contributed by atoms with E-state index in [0.717, 1.165) is 26.1 Å². The monoisotopic (exact) mass is 275 g/mol. The molecule has 1 amide bonds. The van der Waals surface area contributed by atoms with Crippen LogP contribution >= 0.6 is 0 Å². The molecule has 1 atom stereocenters. The van der Waals surface area contributed by atoms with Crippen LogP contribution in [0, 0.1) is 0 Å². The van der Waals surface area contributed by atoms with E-state index in [1.165, 1.54) is 19.4 Å². The van der Waals surface area contributed by atoms with E-state index in [1.54, 1.807) is 18.2 Å². The molecule has 0 spiro atoms. The Hall–Kier alpha value is -1.66. The molecule has 6 nitrogen and oxygen atoms in total. The molecule has 0 radical (unpaired) electrons. The summed E-state index contributed by atoms with van der Waals surface area (Å²) in [6, 6.07) is 5.82. The summed E-state index contributed by atoms with van der Waals surface area (Å²) in [5.74, 6) is 5.88. The number of carbonyl (C=O) groups is 1. The van der Waals surface area contributed by atoms with Gasteiger partial charge in [-0.2, -0.15) is 0 Å². The van der Waals surface area contributed by atoms with Crippen LogP contribution in [-0.2, 0) is 0 Å². The first-order chi connectivity index (χ1) is 9.78. The van der Waals surface area contributed by atoms with Crippen molar-refractivity contribution < 1.29 is 4.79 Å².